The van der Waals surface area contributed by atoms with Crippen molar-refractivity contribution in [2.75, 3.05) is 25.6 Å². The molecule has 2 aromatic rings. The minimum Gasteiger partial charge on any atom is -0.382 e. The summed E-state index contributed by atoms with van der Waals surface area (Å²) in [4.78, 5) is 14.1. The van der Waals surface area contributed by atoms with Gasteiger partial charge in [0.25, 0.3) is 0 Å². The monoisotopic (exact) mass is 635 g/mol. The van der Waals surface area contributed by atoms with Crippen LogP contribution >= 0.6 is 7.82 Å². The molecule has 0 saturated carbocycles. The highest BCUT2D eigenvalue weighted by atomic mass is 31.2. The van der Waals surface area contributed by atoms with E-state index in [1.807, 2.05) is 0 Å². The number of rotatable bonds is 25. The summed E-state index contributed by atoms with van der Waals surface area (Å²) in [7, 11) is -4.36. The summed E-state index contributed by atoms with van der Waals surface area (Å²) in [6, 6.07) is 5.55. The van der Waals surface area contributed by atoms with Crippen molar-refractivity contribution in [3.05, 3.63) is 24.2 Å². The van der Waals surface area contributed by atoms with Crippen LogP contribution < -0.4 is 5.73 Å². The van der Waals surface area contributed by atoms with Crippen LogP contribution in [0.1, 0.15) is 135 Å². The number of nitrogens with two attached hydrogens (primary N) is 1. The maximum absolute atomic E-state index is 12.5. The molecule has 3 heterocycles. The van der Waals surface area contributed by atoms with Gasteiger partial charge in [-0.3, -0.25) is 9.05 Å². The third-order valence-electron chi connectivity index (χ3n) is 8.22. The van der Waals surface area contributed by atoms with Gasteiger partial charge in [-0.1, -0.05) is 96.8 Å². The fraction of sp³-hybridized carbons (Fsp3) is 0.781. The maximum atomic E-state index is 12.5. The Labute approximate surface area is 263 Å². The zero-order valence-corrected chi connectivity index (χ0v) is 27.6. The molecule has 0 aromatic carbocycles. The van der Waals surface area contributed by atoms with Crippen LogP contribution in [-0.2, 0) is 28.7 Å². The lowest BCUT2D eigenvalue weighted by Crippen LogP contribution is -2.27. The van der Waals surface area contributed by atoms with Gasteiger partial charge in [0.1, 0.15) is 17.9 Å². The second-order valence-electron chi connectivity index (χ2n) is 11.9. The fourth-order valence-electron chi connectivity index (χ4n) is 5.67. The van der Waals surface area contributed by atoms with E-state index in [0.29, 0.717) is 24.2 Å². The lowest BCUT2D eigenvalue weighted by atomic mass is 9.98. The lowest BCUT2D eigenvalue weighted by molar-refractivity contribution is -0.116. The van der Waals surface area contributed by atoms with Gasteiger partial charge in [0, 0.05) is 26.1 Å². The average molecular weight is 636 g/mol. The minimum absolute atomic E-state index is 0.0613. The molecule has 1 aliphatic rings. The Bertz CT molecular complexity index is 1170. The molecule has 3 atom stereocenters. The van der Waals surface area contributed by atoms with Gasteiger partial charge in [0.05, 0.1) is 12.3 Å². The summed E-state index contributed by atoms with van der Waals surface area (Å²) in [6.45, 7) is 3.67. The first-order chi connectivity index (χ1) is 21.4. The van der Waals surface area contributed by atoms with Crippen molar-refractivity contribution in [2.45, 2.75) is 141 Å². The molecule has 12 heteroatoms. The molecule has 0 spiro atoms. The van der Waals surface area contributed by atoms with Crippen LogP contribution in [0, 0.1) is 11.3 Å². The molecule has 3 N–H and O–H groups in total. The quantitative estimate of drug-likeness (QED) is 0.0810. The Balaban J connectivity index is 1.15. The molecule has 1 unspecified atom stereocenters. The first-order valence-corrected chi connectivity index (χ1v) is 18.3. The highest BCUT2D eigenvalue weighted by Crippen LogP contribution is 2.50. The first-order valence-electron chi connectivity index (χ1n) is 16.8. The van der Waals surface area contributed by atoms with Gasteiger partial charge in [0.2, 0.25) is 0 Å². The molecular formula is C32H54N5O6P. The topological polar surface area (TPSA) is 154 Å². The van der Waals surface area contributed by atoms with Crippen molar-refractivity contribution in [1.29, 1.82) is 5.26 Å². The Morgan fingerprint density at radius 1 is 0.977 bits per heavy atom. The molecule has 2 aromatic heterocycles. The van der Waals surface area contributed by atoms with Crippen molar-refractivity contribution in [3.63, 3.8) is 0 Å². The number of hydrogen-bond donors (Lipinski definition) is 2. The van der Waals surface area contributed by atoms with E-state index in [1.54, 1.807) is 12.1 Å². The van der Waals surface area contributed by atoms with E-state index in [1.165, 1.54) is 101 Å². The number of nitrogen functional groups attached to an aromatic ring is 1. The number of phosphoric acid groups is 1. The lowest BCUT2D eigenvalue weighted by Gasteiger charge is -2.22. The molecule has 1 fully saturated rings. The van der Waals surface area contributed by atoms with E-state index in [2.05, 4.69) is 23.1 Å². The fourth-order valence-corrected chi connectivity index (χ4v) is 6.53. The SMILES string of the molecule is CCCCCCCCCCCCCCCCCOCCCCOP(=O)(O)O[C@@H]1CC[C@](C#N)(c2ccc3c(N)ncnn23)O1. The molecule has 44 heavy (non-hydrogen) atoms. The third-order valence-corrected chi connectivity index (χ3v) is 9.23. The van der Waals surface area contributed by atoms with E-state index < -0.39 is 19.7 Å². The number of nitriles is 1. The van der Waals surface area contributed by atoms with Crippen molar-refractivity contribution < 1.29 is 28.0 Å². The van der Waals surface area contributed by atoms with Gasteiger partial charge in [-0.05, 0) is 31.4 Å². The Hall–Kier alpha value is -2.06. The molecule has 1 aliphatic heterocycles. The van der Waals surface area contributed by atoms with Gasteiger partial charge in [0.15, 0.2) is 17.7 Å². The summed E-state index contributed by atoms with van der Waals surface area (Å²) >= 11 is 0. The number of hydrogen-bond acceptors (Lipinski definition) is 9. The van der Waals surface area contributed by atoms with E-state index >= 15 is 0 Å². The highest BCUT2D eigenvalue weighted by Gasteiger charge is 2.47. The average Bonchev–Trinajstić information content (AvgIpc) is 3.63. The molecule has 248 valence electrons. The van der Waals surface area contributed by atoms with Crippen LogP contribution in [0.2, 0.25) is 0 Å². The Morgan fingerprint density at radius 2 is 1.55 bits per heavy atom. The second-order valence-corrected chi connectivity index (χ2v) is 13.3. The van der Waals surface area contributed by atoms with E-state index in [9.17, 15) is 14.7 Å². The smallest absolute Gasteiger partial charge is 0.382 e. The standard InChI is InChI=1S/C32H54N5O6P/c1-2-3-4-5-6-7-8-9-10-11-12-13-14-15-16-23-40-24-17-18-25-41-44(38,39)43-30-21-22-32(26-33,42-30)29-20-19-28-31(34)35-27-36-37(28)29/h19-20,27,30H,2-18,21-25H2,1H3,(H,38,39)(H2,34,35,36)/t30-,32+/m1/s1. The zero-order valence-electron chi connectivity index (χ0n) is 26.7. The van der Waals surface area contributed by atoms with Crippen LogP contribution in [0.25, 0.3) is 5.52 Å². The molecule has 0 aliphatic carbocycles. The molecule has 0 radical (unpaired) electrons. The molecule has 3 rings (SSSR count). The summed E-state index contributed by atoms with van der Waals surface area (Å²) < 4.78 is 35.9. The molecule has 0 bridgehead atoms. The van der Waals surface area contributed by atoms with Gasteiger partial charge in [-0.15, -0.1) is 0 Å². The Kier molecular flexibility index (Phi) is 16.7. The van der Waals surface area contributed by atoms with E-state index in [-0.39, 0.29) is 25.3 Å². The molecule has 0 amide bonds. The Morgan fingerprint density at radius 3 is 2.16 bits per heavy atom. The van der Waals surface area contributed by atoms with Crippen LogP contribution in [-0.4, -0.2) is 45.6 Å². The van der Waals surface area contributed by atoms with Crippen LogP contribution in [0.4, 0.5) is 5.82 Å². The first kappa shape index (κ1) is 36.4. The number of fused-ring (bicyclic) bond motifs is 1. The number of phosphoric ester groups is 1. The molecule has 1 saturated heterocycles. The molecular weight excluding hydrogens is 581 g/mol. The van der Waals surface area contributed by atoms with Crippen LogP contribution in [0.3, 0.4) is 0 Å². The van der Waals surface area contributed by atoms with Gasteiger partial charge < -0.3 is 20.1 Å². The maximum Gasteiger partial charge on any atom is 0.474 e. The number of unbranched alkanes of at least 4 members (excludes halogenated alkanes) is 15. The second kappa shape index (κ2) is 20.1. The van der Waals surface area contributed by atoms with Gasteiger partial charge >= 0.3 is 7.82 Å². The molecule has 11 nitrogen and oxygen atoms in total. The third kappa shape index (κ3) is 12.4. The minimum atomic E-state index is -4.36. The summed E-state index contributed by atoms with van der Waals surface area (Å²) in [5, 5.41) is 14.1. The predicted octanol–water partition coefficient (Wildman–Crippen LogP) is 7.97. The largest absolute Gasteiger partial charge is 0.474 e. The van der Waals surface area contributed by atoms with E-state index in [0.717, 1.165) is 19.4 Å². The van der Waals surface area contributed by atoms with Crippen molar-refractivity contribution in [3.8, 4) is 6.07 Å². The normalized spacial score (nSPS) is 19.8. The van der Waals surface area contributed by atoms with Crippen molar-refractivity contribution in [2.24, 2.45) is 0 Å². The number of aromatic nitrogens is 3. The van der Waals surface area contributed by atoms with Gasteiger partial charge in [-0.2, -0.15) is 10.4 Å². The summed E-state index contributed by atoms with van der Waals surface area (Å²) in [6.07, 6.45) is 22.1. The number of nitrogens with zero attached hydrogens (tertiary/aromatic N) is 4. The number of anilines is 1. The van der Waals surface area contributed by atoms with Crippen molar-refractivity contribution in [1.82, 2.24) is 14.6 Å². The van der Waals surface area contributed by atoms with Crippen molar-refractivity contribution >= 4 is 19.2 Å². The predicted molar refractivity (Wildman–Crippen MR) is 171 cm³/mol. The van der Waals surface area contributed by atoms with E-state index in [4.69, 9.17) is 24.3 Å². The van der Waals surface area contributed by atoms with Crippen LogP contribution in [0.15, 0.2) is 18.5 Å². The summed E-state index contributed by atoms with van der Waals surface area (Å²) in [5.41, 5.74) is 5.49. The zero-order chi connectivity index (χ0) is 31.5. The summed E-state index contributed by atoms with van der Waals surface area (Å²) in [5.74, 6) is 0.272. The number of ether oxygens (including phenoxy) is 2. The van der Waals surface area contributed by atoms with Gasteiger partial charge in [-0.25, -0.2) is 14.1 Å². The van der Waals surface area contributed by atoms with Crippen LogP contribution in [0.5, 0.6) is 0 Å². The highest BCUT2D eigenvalue weighted by molar-refractivity contribution is 7.47.